The number of nitrogens with one attached hydrogen (secondary N) is 1. The molecule has 27 heavy (non-hydrogen) atoms. The molecule has 146 valence electrons. The molecule has 1 aliphatic rings. The average molecular weight is 383 g/mol. The molecule has 6 nitrogen and oxygen atoms in total. The highest BCUT2D eigenvalue weighted by Gasteiger charge is 2.33. The van der Waals surface area contributed by atoms with Crippen LogP contribution < -0.4 is 5.56 Å². The fourth-order valence-electron chi connectivity index (χ4n) is 2.87. The van der Waals surface area contributed by atoms with Gasteiger partial charge in [0.1, 0.15) is 5.82 Å². The van der Waals surface area contributed by atoms with Gasteiger partial charge in [-0.15, -0.1) is 0 Å². The minimum absolute atomic E-state index is 0.0300. The Morgan fingerprint density at radius 1 is 1.26 bits per heavy atom. The van der Waals surface area contributed by atoms with E-state index in [1.807, 2.05) is 7.05 Å². The van der Waals surface area contributed by atoms with Crippen LogP contribution >= 0.6 is 0 Å². The lowest BCUT2D eigenvalue weighted by atomic mass is 10.1. The van der Waals surface area contributed by atoms with E-state index in [9.17, 15) is 18.0 Å². The Morgan fingerprint density at radius 2 is 2.00 bits per heavy atom. The van der Waals surface area contributed by atoms with E-state index in [1.54, 1.807) is 24.3 Å². The number of hydrogen-bond acceptors (Lipinski definition) is 5. The maximum Gasteiger partial charge on any atom is 0.433 e. The monoisotopic (exact) mass is 383 g/mol. The second kappa shape index (κ2) is 8.20. The third kappa shape index (κ3) is 5.38. The van der Waals surface area contributed by atoms with Gasteiger partial charge in [-0.25, -0.2) is 4.98 Å². The number of likely N-dealkylation sites (N-methyl/N-ethyl adjacent to an activating group) is 1. The third-order valence-corrected chi connectivity index (χ3v) is 4.11. The molecule has 3 rings (SSSR count). The zero-order valence-electron chi connectivity index (χ0n) is 14.8. The quantitative estimate of drug-likeness (QED) is 0.858. The number of rotatable bonds is 5. The zero-order chi connectivity index (χ0) is 19.4. The third-order valence-electron chi connectivity index (χ3n) is 4.11. The van der Waals surface area contributed by atoms with Crippen molar-refractivity contribution in [2.75, 3.05) is 33.4 Å². The summed E-state index contributed by atoms with van der Waals surface area (Å²) in [5.74, 6) is -0.109. The largest absolute Gasteiger partial charge is 0.433 e. The van der Waals surface area contributed by atoms with Crippen molar-refractivity contribution in [1.29, 1.82) is 0 Å². The summed E-state index contributed by atoms with van der Waals surface area (Å²) in [6.45, 7) is 3.14. The second-order valence-corrected chi connectivity index (χ2v) is 6.44. The van der Waals surface area contributed by atoms with Gasteiger partial charge in [-0.3, -0.25) is 9.69 Å². The second-order valence-electron chi connectivity index (χ2n) is 6.44. The van der Waals surface area contributed by atoms with E-state index < -0.39 is 17.4 Å². The lowest BCUT2D eigenvalue weighted by molar-refractivity contribution is -0.141. The van der Waals surface area contributed by atoms with Crippen LogP contribution in [0.4, 0.5) is 13.2 Å². The van der Waals surface area contributed by atoms with E-state index in [4.69, 9.17) is 9.47 Å². The predicted molar refractivity (Wildman–Crippen MR) is 92.2 cm³/mol. The summed E-state index contributed by atoms with van der Waals surface area (Å²) in [5, 5.41) is 0. The Balaban J connectivity index is 1.68. The van der Waals surface area contributed by atoms with E-state index in [0.29, 0.717) is 44.5 Å². The smallest absolute Gasteiger partial charge is 0.376 e. The predicted octanol–water partition coefficient (Wildman–Crippen LogP) is 2.30. The number of ether oxygens (including phenoxy) is 2. The highest BCUT2D eigenvalue weighted by Crippen LogP contribution is 2.27. The number of benzene rings is 1. The van der Waals surface area contributed by atoms with E-state index in [-0.39, 0.29) is 11.9 Å². The first-order chi connectivity index (χ1) is 12.8. The molecular formula is C18H20F3N3O3. The molecule has 1 unspecified atom stereocenters. The molecule has 1 atom stereocenters. The van der Waals surface area contributed by atoms with Crippen molar-refractivity contribution in [3.63, 3.8) is 0 Å². The maximum atomic E-state index is 12.8. The normalized spacial score (nSPS) is 18.0. The first kappa shape index (κ1) is 19.5. The van der Waals surface area contributed by atoms with Crippen LogP contribution in [0.2, 0.25) is 0 Å². The number of halogens is 3. The fraction of sp³-hybridized carbons (Fsp3) is 0.444. The first-order valence-corrected chi connectivity index (χ1v) is 8.47. The van der Waals surface area contributed by atoms with Gasteiger partial charge in [0.15, 0.2) is 5.69 Å². The van der Waals surface area contributed by atoms with E-state index >= 15 is 0 Å². The Hall–Kier alpha value is -2.23. The Bertz CT molecular complexity index is 815. The molecular weight excluding hydrogens is 363 g/mol. The Morgan fingerprint density at radius 3 is 2.63 bits per heavy atom. The van der Waals surface area contributed by atoms with Crippen LogP contribution in [0, 0.1) is 0 Å². The summed E-state index contributed by atoms with van der Waals surface area (Å²) < 4.78 is 49.5. The van der Waals surface area contributed by atoms with Crippen molar-refractivity contribution in [3.8, 4) is 11.4 Å². The summed E-state index contributed by atoms with van der Waals surface area (Å²) in [6.07, 6.45) is -4.64. The number of alkyl halides is 3. The fourth-order valence-corrected chi connectivity index (χ4v) is 2.87. The van der Waals surface area contributed by atoms with Gasteiger partial charge in [0.25, 0.3) is 5.56 Å². The molecule has 0 spiro atoms. The number of hydrogen-bond donors (Lipinski definition) is 1. The lowest BCUT2D eigenvalue weighted by Crippen LogP contribution is -2.38. The molecule has 2 aromatic rings. The first-order valence-electron chi connectivity index (χ1n) is 8.47. The molecule has 1 aromatic carbocycles. The lowest BCUT2D eigenvalue weighted by Gasteiger charge is -2.27. The van der Waals surface area contributed by atoms with Gasteiger partial charge in [0, 0.05) is 24.7 Å². The molecule has 2 heterocycles. The van der Waals surface area contributed by atoms with Crippen molar-refractivity contribution in [2.24, 2.45) is 0 Å². The Kier molecular flexibility index (Phi) is 5.93. The summed E-state index contributed by atoms with van der Waals surface area (Å²) in [5.41, 5.74) is -0.661. The van der Waals surface area contributed by atoms with Gasteiger partial charge in [-0.05, 0) is 12.6 Å². The van der Waals surface area contributed by atoms with Gasteiger partial charge < -0.3 is 14.5 Å². The average Bonchev–Trinajstić information content (AvgIpc) is 2.62. The number of nitrogens with zero attached hydrogens (tertiary/aromatic N) is 2. The van der Waals surface area contributed by atoms with E-state index in [0.717, 1.165) is 5.56 Å². The SMILES string of the molecule is CN(Cc1ccc(-c2nc(C(F)(F)F)cc(=O)[nH]2)cc1)CC1COCCO1. The minimum atomic E-state index is -4.67. The van der Waals surface area contributed by atoms with Crippen molar-refractivity contribution in [3.05, 3.63) is 51.9 Å². The van der Waals surface area contributed by atoms with Gasteiger partial charge in [-0.2, -0.15) is 13.2 Å². The van der Waals surface area contributed by atoms with Crippen LogP contribution in [0.1, 0.15) is 11.3 Å². The molecule has 0 bridgehead atoms. The summed E-state index contributed by atoms with van der Waals surface area (Å²) in [6, 6.07) is 7.32. The molecule has 1 aromatic heterocycles. The van der Waals surface area contributed by atoms with Gasteiger partial charge in [-0.1, -0.05) is 24.3 Å². The van der Waals surface area contributed by atoms with Crippen LogP contribution in [0.25, 0.3) is 11.4 Å². The van der Waals surface area contributed by atoms with Crippen LogP contribution in [-0.4, -0.2) is 54.4 Å². The maximum absolute atomic E-state index is 12.8. The van der Waals surface area contributed by atoms with Gasteiger partial charge in [0.05, 0.1) is 25.9 Å². The standard InChI is InChI=1S/C18H20F3N3O3/c1-24(10-14-11-26-6-7-27-14)9-12-2-4-13(5-3-12)17-22-15(18(19,20)21)8-16(25)23-17/h2-5,8,14H,6-7,9-11H2,1H3,(H,22,23,25). The molecule has 0 amide bonds. The van der Waals surface area contributed by atoms with Crippen molar-refractivity contribution < 1.29 is 22.6 Å². The van der Waals surface area contributed by atoms with Gasteiger partial charge in [0.2, 0.25) is 0 Å². The molecule has 1 fully saturated rings. The van der Waals surface area contributed by atoms with Crippen molar-refractivity contribution in [1.82, 2.24) is 14.9 Å². The molecule has 9 heteroatoms. The van der Waals surface area contributed by atoms with Crippen molar-refractivity contribution >= 4 is 0 Å². The summed E-state index contributed by atoms with van der Waals surface area (Å²) in [7, 11) is 1.96. The molecule has 1 N–H and O–H groups in total. The van der Waals surface area contributed by atoms with E-state index in [2.05, 4.69) is 14.9 Å². The van der Waals surface area contributed by atoms with Crippen LogP contribution in [-0.2, 0) is 22.2 Å². The highest BCUT2D eigenvalue weighted by atomic mass is 19.4. The molecule has 1 aliphatic heterocycles. The zero-order valence-corrected chi connectivity index (χ0v) is 14.8. The Labute approximate surface area is 153 Å². The van der Waals surface area contributed by atoms with Crippen LogP contribution in [0.3, 0.4) is 0 Å². The van der Waals surface area contributed by atoms with Crippen molar-refractivity contribution in [2.45, 2.75) is 18.8 Å². The molecule has 0 radical (unpaired) electrons. The molecule has 0 saturated carbocycles. The van der Waals surface area contributed by atoms with Crippen LogP contribution in [0.5, 0.6) is 0 Å². The number of H-pyrrole nitrogens is 1. The number of aromatic amines is 1. The number of aromatic nitrogens is 2. The molecule has 0 aliphatic carbocycles. The summed E-state index contributed by atoms with van der Waals surface area (Å²) in [4.78, 5) is 19.5. The topological polar surface area (TPSA) is 67.5 Å². The molecule has 1 saturated heterocycles. The van der Waals surface area contributed by atoms with E-state index in [1.165, 1.54) is 0 Å². The summed E-state index contributed by atoms with van der Waals surface area (Å²) >= 11 is 0. The highest BCUT2D eigenvalue weighted by molar-refractivity contribution is 5.55. The minimum Gasteiger partial charge on any atom is -0.376 e. The van der Waals surface area contributed by atoms with Crippen LogP contribution in [0.15, 0.2) is 35.1 Å². The van der Waals surface area contributed by atoms with Gasteiger partial charge >= 0.3 is 6.18 Å².